The standard InChI is InChI=1S/C25H31N5O3/c1-4-6-15-29(5-2)22-11-7-19(8-12-22)25(32)28-21-16-26-30(17-21)18-24(31)27-20-9-13-23(33-3)14-10-20/h7-14,16-17H,4-6,15,18H2,1-3H3,(H,27,31)(H,28,32). The van der Waals surface area contributed by atoms with Crippen LogP contribution in [0, 0.1) is 0 Å². The lowest BCUT2D eigenvalue weighted by molar-refractivity contribution is -0.116. The Morgan fingerprint density at radius 2 is 1.73 bits per heavy atom. The van der Waals surface area contributed by atoms with Crippen molar-refractivity contribution in [2.24, 2.45) is 0 Å². The van der Waals surface area contributed by atoms with Gasteiger partial charge in [0.25, 0.3) is 5.91 Å². The zero-order valence-corrected chi connectivity index (χ0v) is 19.4. The van der Waals surface area contributed by atoms with Crippen LogP contribution in [0.2, 0.25) is 0 Å². The van der Waals surface area contributed by atoms with Gasteiger partial charge >= 0.3 is 0 Å². The van der Waals surface area contributed by atoms with Gasteiger partial charge in [-0.3, -0.25) is 14.3 Å². The maximum atomic E-state index is 12.6. The van der Waals surface area contributed by atoms with Crippen LogP contribution in [0.4, 0.5) is 17.1 Å². The summed E-state index contributed by atoms with van der Waals surface area (Å²) in [6, 6.07) is 14.7. The molecule has 0 aliphatic rings. The predicted molar refractivity (Wildman–Crippen MR) is 131 cm³/mol. The first-order valence-electron chi connectivity index (χ1n) is 11.1. The number of carbonyl (C=O) groups excluding carboxylic acids is 2. The van der Waals surface area contributed by atoms with E-state index in [2.05, 4.69) is 34.5 Å². The van der Waals surface area contributed by atoms with Gasteiger partial charge in [-0.05, 0) is 61.9 Å². The van der Waals surface area contributed by atoms with Gasteiger partial charge in [0.1, 0.15) is 12.3 Å². The van der Waals surface area contributed by atoms with E-state index in [1.807, 2.05) is 24.3 Å². The van der Waals surface area contributed by atoms with Crippen LogP contribution in [0.5, 0.6) is 5.75 Å². The molecule has 0 bridgehead atoms. The monoisotopic (exact) mass is 449 g/mol. The Balaban J connectivity index is 1.53. The van der Waals surface area contributed by atoms with Crippen LogP contribution in [0.25, 0.3) is 0 Å². The van der Waals surface area contributed by atoms with Crippen molar-refractivity contribution >= 4 is 28.9 Å². The summed E-state index contributed by atoms with van der Waals surface area (Å²) < 4.78 is 6.58. The first-order chi connectivity index (χ1) is 16.0. The molecule has 0 atom stereocenters. The molecule has 3 aromatic rings. The number of unbranched alkanes of at least 4 members (excludes halogenated alkanes) is 1. The minimum absolute atomic E-state index is 0.0290. The van der Waals surface area contributed by atoms with Crippen LogP contribution in [0.3, 0.4) is 0 Å². The highest BCUT2D eigenvalue weighted by atomic mass is 16.5. The van der Waals surface area contributed by atoms with E-state index >= 15 is 0 Å². The molecule has 8 nitrogen and oxygen atoms in total. The molecule has 8 heteroatoms. The molecule has 33 heavy (non-hydrogen) atoms. The number of hydrogen-bond acceptors (Lipinski definition) is 5. The first-order valence-corrected chi connectivity index (χ1v) is 11.1. The Hall–Kier alpha value is -3.81. The number of ether oxygens (including phenoxy) is 1. The van der Waals surface area contributed by atoms with Crippen molar-refractivity contribution in [3.63, 3.8) is 0 Å². The highest BCUT2D eigenvalue weighted by molar-refractivity contribution is 6.04. The van der Waals surface area contributed by atoms with Crippen LogP contribution < -0.4 is 20.3 Å². The summed E-state index contributed by atoms with van der Waals surface area (Å²) in [4.78, 5) is 27.2. The molecule has 0 unspecified atom stereocenters. The van der Waals surface area contributed by atoms with Crippen molar-refractivity contribution in [3.8, 4) is 5.75 Å². The minimum Gasteiger partial charge on any atom is -0.497 e. The zero-order valence-electron chi connectivity index (χ0n) is 19.4. The number of nitrogens with zero attached hydrogens (tertiary/aromatic N) is 3. The zero-order chi connectivity index (χ0) is 23.6. The largest absolute Gasteiger partial charge is 0.497 e. The molecular formula is C25H31N5O3. The molecule has 2 amide bonds. The number of anilines is 3. The number of hydrogen-bond donors (Lipinski definition) is 2. The number of benzene rings is 2. The number of rotatable bonds is 11. The van der Waals surface area contributed by atoms with E-state index in [0.717, 1.165) is 31.6 Å². The Kier molecular flexibility index (Phi) is 8.46. The lowest BCUT2D eigenvalue weighted by atomic mass is 10.1. The Morgan fingerprint density at radius 1 is 1.00 bits per heavy atom. The summed E-state index contributed by atoms with van der Waals surface area (Å²) in [6.07, 6.45) is 5.44. The molecular weight excluding hydrogens is 418 g/mol. The lowest BCUT2D eigenvalue weighted by Crippen LogP contribution is -2.23. The summed E-state index contributed by atoms with van der Waals surface area (Å²) in [5.41, 5.74) is 2.87. The van der Waals surface area contributed by atoms with Crippen molar-refractivity contribution in [1.29, 1.82) is 0 Å². The van der Waals surface area contributed by atoms with E-state index in [-0.39, 0.29) is 18.4 Å². The third kappa shape index (κ3) is 6.83. The SMILES string of the molecule is CCCCN(CC)c1ccc(C(=O)Nc2cnn(CC(=O)Nc3ccc(OC)cc3)c2)cc1. The number of aromatic nitrogens is 2. The van der Waals surface area contributed by atoms with E-state index in [4.69, 9.17) is 4.74 Å². The van der Waals surface area contributed by atoms with Gasteiger partial charge in [0.05, 0.1) is 19.0 Å². The molecule has 0 aliphatic heterocycles. The van der Waals surface area contributed by atoms with Crippen molar-refractivity contribution in [3.05, 3.63) is 66.5 Å². The molecule has 0 radical (unpaired) electrons. The lowest BCUT2D eigenvalue weighted by Gasteiger charge is -2.23. The second-order valence-corrected chi connectivity index (χ2v) is 7.64. The minimum atomic E-state index is -0.222. The van der Waals surface area contributed by atoms with Gasteiger partial charge in [-0.2, -0.15) is 5.10 Å². The topological polar surface area (TPSA) is 88.5 Å². The van der Waals surface area contributed by atoms with Crippen molar-refractivity contribution in [1.82, 2.24) is 9.78 Å². The molecule has 0 fully saturated rings. The summed E-state index contributed by atoms with van der Waals surface area (Å²) in [5, 5.41) is 9.80. The van der Waals surface area contributed by atoms with Gasteiger partial charge < -0.3 is 20.3 Å². The fraction of sp³-hybridized carbons (Fsp3) is 0.320. The summed E-state index contributed by atoms with van der Waals surface area (Å²) in [5.74, 6) is 0.273. The molecule has 0 saturated carbocycles. The van der Waals surface area contributed by atoms with Gasteiger partial charge in [0, 0.05) is 36.2 Å². The Bertz CT molecular complexity index is 1040. The average Bonchev–Trinajstić information content (AvgIpc) is 3.26. The van der Waals surface area contributed by atoms with Crippen molar-refractivity contribution < 1.29 is 14.3 Å². The Morgan fingerprint density at radius 3 is 2.36 bits per heavy atom. The van der Waals surface area contributed by atoms with Gasteiger partial charge in [0.2, 0.25) is 5.91 Å². The second-order valence-electron chi connectivity index (χ2n) is 7.64. The molecule has 2 N–H and O–H groups in total. The summed E-state index contributed by atoms with van der Waals surface area (Å²) >= 11 is 0. The molecule has 0 spiro atoms. The molecule has 1 heterocycles. The van der Waals surface area contributed by atoms with E-state index in [1.54, 1.807) is 37.6 Å². The summed E-state index contributed by atoms with van der Waals surface area (Å²) in [7, 11) is 1.59. The van der Waals surface area contributed by atoms with Crippen LogP contribution in [0.1, 0.15) is 37.0 Å². The van der Waals surface area contributed by atoms with Gasteiger partial charge in [-0.15, -0.1) is 0 Å². The van der Waals surface area contributed by atoms with Crippen LogP contribution in [-0.2, 0) is 11.3 Å². The highest BCUT2D eigenvalue weighted by Gasteiger charge is 2.11. The maximum absolute atomic E-state index is 12.6. The third-order valence-corrected chi connectivity index (χ3v) is 5.23. The number of amides is 2. The second kappa shape index (κ2) is 11.7. The van der Waals surface area contributed by atoms with E-state index < -0.39 is 0 Å². The quantitative estimate of drug-likeness (QED) is 0.453. The molecule has 174 valence electrons. The molecule has 0 saturated heterocycles. The number of nitrogens with one attached hydrogen (secondary N) is 2. The van der Waals surface area contributed by atoms with Crippen molar-refractivity contribution in [2.75, 3.05) is 35.7 Å². The van der Waals surface area contributed by atoms with Gasteiger partial charge in [-0.1, -0.05) is 13.3 Å². The molecule has 3 rings (SSSR count). The van der Waals surface area contributed by atoms with Gasteiger partial charge in [-0.25, -0.2) is 0 Å². The molecule has 2 aromatic carbocycles. The van der Waals surface area contributed by atoms with E-state index in [1.165, 1.54) is 10.9 Å². The van der Waals surface area contributed by atoms with E-state index in [0.29, 0.717) is 22.7 Å². The van der Waals surface area contributed by atoms with Gasteiger partial charge in [0.15, 0.2) is 0 Å². The summed E-state index contributed by atoms with van der Waals surface area (Å²) in [6.45, 7) is 6.27. The Labute approximate surface area is 194 Å². The average molecular weight is 450 g/mol. The number of carbonyl (C=O) groups is 2. The smallest absolute Gasteiger partial charge is 0.255 e. The van der Waals surface area contributed by atoms with Crippen LogP contribution >= 0.6 is 0 Å². The van der Waals surface area contributed by atoms with Crippen LogP contribution in [-0.4, -0.2) is 41.8 Å². The highest BCUT2D eigenvalue weighted by Crippen LogP contribution is 2.18. The predicted octanol–water partition coefficient (Wildman–Crippen LogP) is 4.41. The molecule has 1 aromatic heterocycles. The van der Waals surface area contributed by atoms with E-state index in [9.17, 15) is 9.59 Å². The normalized spacial score (nSPS) is 10.5. The molecule has 0 aliphatic carbocycles. The first kappa shape index (κ1) is 23.8. The van der Waals surface area contributed by atoms with Crippen molar-refractivity contribution in [2.45, 2.75) is 33.2 Å². The third-order valence-electron chi connectivity index (χ3n) is 5.23. The fourth-order valence-electron chi connectivity index (χ4n) is 3.38. The maximum Gasteiger partial charge on any atom is 0.255 e. The van der Waals surface area contributed by atoms with Crippen LogP contribution in [0.15, 0.2) is 60.9 Å². The number of methoxy groups -OCH3 is 1. The fourth-order valence-corrected chi connectivity index (χ4v) is 3.38.